The lowest BCUT2D eigenvalue weighted by molar-refractivity contribution is -0.113. The Morgan fingerprint density at radius 1 is 0.794 bits per heavy atom. The first-order valence-electron chi connectivity index (χ1n) is 10.6. The van der Waals surface area contributed by atoms with Gasteiger partial charge in [0.2, 0.25) is 5.91 Å². The van der Waals surface area contributed by atoms with Gasteiger partial charge in [0, 0.05) is 41.6 Å². The second kappa shape index (κ2) is 10.1. The van der Waals surface area contributed by atoms with Crippen molar-refractivity contribution in [3.8, 4) is 33.4 Å². The number of aromatic amines is 1. The predicted molar refractivity (Wildman–Crippen MR) is 134 cm³/mol. The molecule has 1 amide bonds. The molecule has 5 rings (SSSR count). The van der Waals surface area contributed by atoms with E-state index in [1.807, 2.05) is 48.8 Å². The monoisotopic (exact) mass is 464 g/mol. The number of amides is 1. The molecule has 2 N–H and O–H groups in total. The molecule has 166 valence electrons. The number of anilines is 1. The molecule has 0 fully saturated rings. The van der Waals surface area contributed by atoms with Crippen LogP contribution in [-0.2, 0) is 4.79 Å². The Bertz CT molecular complexity index is 1320. The van der Waals surface area contributed by atoms with Crippen molar-refractivity contribution in [2.75, 3.05) is 11.1 Å². The molecule has 0 atom stereocenters. The molecule has 3 heterocycles. The summed E-state index contributed by atoms with van der Waals surface area (Å²) >= 11 is 1.30. The molecule has 2 aromatic carbocycles. The highest BCUT2D eigenvalue weighted by molar-refractivity contribution is 7.99. The van der Waals surface area contributed by atoms with Crippen LogP contribution in [0.2, 0.25) is 0 Å². The van der Waals surface area contributed by atoms with Gasteiger partial charge in [-0.15, -0.1) is 10.2 Å². The maximum absolute atomic E-state index is 12.3. The average molecular weight is 465 g/mol. The minimum absolute atomic E-state index is 0.105. The number of rotatable bonds is 7. The fourth-order valence-corrected chi connectivity index (χ4v) is 4.12. The highest BCUT2D eigenvalue weighted by Gasteiger charge is 2.09. The first-order valence-corrected chi connectivity index (χ1v) is 11.6. The molecule has 0 aliphatic rings. The van der Waals surface area contributed by atoms with Crippen LogP contribution in [0.4, 0.5) is 5.69 Å². The second-order valence-corrected chi connectivity index (χ2v) is 8.45. The molecule has 0 aliphatic heterocycles. The quantitative estimate of drug-likeness (QED) is 0.316. The molecule has 8 heteroatoms. The second-order valence-electron chi connectivity index (χ2n) is 7.49. The number of nitrogens with one attached hydrogen (secondary N) is 2. The number of carbonyl (C=O) groups is 1. The van der Waals surface area contributed by atoms with Crippen molar-refractivity contribution in [3.05, 3.63) is 97.8 Å². The molecule has 0 radical (unpaired) electrons. The lowest BCUT2D eigenvalue weighted by Crippen LogP contribution is -2.14. The van der Waals surface area contributed by atoms with Gasteiger partial charge in [0.25, 0.3) is 0 Å². The van der Waals surface area contributed by atoms with Gasteiger partial charge in [-0.3, -0.25) is 14.8 Å². The van der Waals surface area contributed by atoms with Gasteiger partial charge in [-0.05, 0) is 64.7 Å². The third-order valence-electron chi connectivity index (χ3n) is 5.16. The van der Waals surface area contributed by atoms with Crippen molar-refractivity contribution in [2.45, 2.75) is 5.16 Å². The van der Waals surface area contributed by atoms with Crippen molar-refractivity contribution in [1.29, 1.82) is 0 Å². The molecule has 7 nitrogen and oxygen atoms in total. The number of carbonyl (C=O) groups excluding carboxylic acids is 1. The molecule has 34 heavy (non-hydrogen) atoms. The number of benzene rings is 2. The molecule has 0 spiro atoms. The van der Waals surface area contributed by atoms with Crippen molar-refractivity contribution in [1.82, 2.24) is 25.1 Å². The van der Waals surface area contributed by atoms with Gasteiger partial charge in [-0.2, -0.15) is 0 Å². The van der Waals surface area contributed by atoms with Gasteiger partial charge in [0.15, 0.2) is 5.16 Å². The molecular formula is C26H20N6OS. The number of H-pyrrole nitrogens is 1. The summed E-state index contributed by atoms with van der Waals surface area (Å²) in [5, 5.41) is 11.1. The Hall–Kier alpha value is -4.30. The lowest BCUT2D eigenvalue weighted by Gasteiger charge is -2.12. The maximum atomic E-state index is 12.3. The average Bonchev–Trinajstić information content (AvgIpc) is 3.43. The maximum Gasteiger partial charge on any atom is 0.234 e. The van der Waals surface area contributed by atoms with E-state index in [2.05, 4.69) is 60.8 Å². The predicted octanol–water partition coefficient (Wildman–Crippen LogP) is 5.33. The normalized spacial score (nSPS) is 10.7. The summed E-state index contributed by atoms with van der Waals surface area (Å²) in [4.78, 5) is 23.7. The van der Waals surface area contributed by atoms with Gasteiger partial charge in [-0.25, -0.2) is 0 Å². The number of thioether (sulfide) groups is 1. The highest BCUT2D eigenvalue weighted by Crippen LogP contribution is 2.33. The summed E-state index contributed by atoms with van der Waals surface area (Å²) in [5.74, 6) is 0.144. The largest absolute Gasteiger partial charge is 0.325 e. The summed E-state index contributed by atoms with van der Waals surface area (Å²) in [6.07, 6.45) is 8.75. The van der Waals surface area contributed by atoms with Crippen LogP contribution in [0.5, 0.6) is 0 Å². The van der Waals surface area contributed by atoms with E-state index in [-0.39, 0.29) is 11.7 Å². The van der Waals surface area contributed by atoms with Crippen LogP contribution in [0.15, 0.2) is 103 Å². The number of hydrogen-bond donors (Lipinski definition) is 2. The van der Waals surface area contributed by atoms with Crippen LogP contribution < -0.4 is 5.32 Å². The van der Waals surface area contributed by atoms with Gasteiger partial charge in [0.1, 0.15) is 6.33 Å². The zero-order valence-electron chi connectivity index (χ0n) is 18.1. The number of aromatic nitrogens is 5. The van der Waals surface area contributed by atoms with Gasteiger partial charge >= 0.3 is 0 Å². The Morgan fingerprint density at radius 3 is 1.94 bits per heavy atom. The topological polar surface area (TPSA) is 96.5 Å². The minimum Gasteiger partial charge on any atom is -0.325 e. The minimum atomic E-state index is -0.105. The standard InChI is InChI=1S/C26H20N6OS/c33-25(16-34-26-29-17-30-32-26)31-24-7-5-18(6-8-24)21-11-22(19-3-1-9-27-14-19)13-23(12-21)20-4-2-10-28-15-20/h1-15,17H,16H2,(H,31,33)(H,29,30,32). The van der Waals surface area contributed by atoms with Crippen LogP contribution in [0.3, 0.4) is 0 Å². The van der Waals surface area contributed by atoms with Crippen molar-refractivity contribution in [2.24, 2.45) is 0 Å². The van der Waals surface area contributed by atoms with E-state index in [9.17, 15) is 4.79 Å². The smallest absolute Gasteiger partial charge is 0.234 e. The number of hydrogen-bond acceptors (Lipinski definition) is 6. The van der Waals surface area contributed by atoms with Crippen LogP contribution in [0.1, 0.15) is 0 Å². The number of pyridine rings is 2. The Balaban J connectivity index is 1.39. The van der Waals surface area contributed by atoms with Crippen molar-refractivity contribution < 1.29 is 4.79 Å². The molecule has 0 bridgehead atoms. The summed E-state index contributed by atoms with van der Waals surface area (Å²) in [7, 11) is 0. The van der Waals surface area contributed by atoms with Crippen LogP contribution in [-0.4, -0.2) is 36.8 Å². The van der Waals surface area contributed by atoms with E-state index >= 15 is 0 Å². The van der Waals surface area contributed by atoms with Crippen LogP contribution in [0, 0.1) is 0 Å². The Kier molecular flexibility index (Phi) is 6.40. The zero-order chi connectivity index (χ0) is 23.2. The SMILES string of the molecule is O=C(CSc1nnc[nH]1)Nc1ccc(-c2cc(-c3cccnc3)cc(-c3cccnc3)c2)cc1. The van der Waals surface area contributed by atoms with E-state index < -0.39 is 0 Å². The molecule has 3 aromatic heterocycles. The first kappa shape index (κ1) is 21.5. The van der Waals surface area contributed by atoms with E-state index in [1.165, 1.54) is 18.1 Å². The molecule has 0 saturated heterocycles. The number of nitrogens with zero attached hydrogens (tertiary/aromatic N) is 4. The van der Waals surface area contributed by atoms with Crippen molar-refractivity contribution in [3.63, 3.8) is 0 Å². The van der Waals surface area contributed by atoms with Gasteiger partial charge < -0.3 is 10.3 Å². The third-order valence-corrected chi connectivity index (χ3v) is 6.04. The highest BCUT2D eigenvalue weighted by atomic mass is 32.2. The Labute approximate surface area is 200 Å². The zero-order valence-corrected chi connectivity index (χ0v) is 18.9. The molecule has 5 aromatic rings. The first-order chi connectivity index (χ1) is 16.7. The van der Waals surface area contributed by atoms with E-state index in [1.54, 1.807) is 12.4 Å². The molecule has 0 aliphatic carbocycles. The lowest BCUT2D eigenvalue weighted by atomic mass is 9.94. The molecule has 0 saturated carbocycles. The fraction of sp³-hybridized carbons (Fsp3) is 0.0385. The van der Waals surface area contributed by atoms with Gasteiger partial charge in [0.05, 0.1) is 5.75 Å². The Morgan fingerprint density at radius 2 is 1.41 bits per heavy atom. The summed E-state index contributed by atoms with van der Waals surface area (Å²) < 4.78 is 0. The van der Waals surface area contributed by atoms with Crippen molar-refractivity contribution >= 4 is 23.4 Å². The van der Waals surface area contributed by atoms with E-state index in [0.717, 1.165) is 39.1 Å². The molecule has 0 unspecified atom stereocenters. The summed E-state index contributed by atoms with van der Waals surface area (Å²) in [6.45, 7) is 0. The van der Waals surface area contributed by atoms with E-state index in [0.29, 0.717) is 5.16 Å². The van der Waals surface area contributed by atoms with E-state index in [4.69, 9.17) is 0 Å². The summed E-state index contributed by atoms with van der Waals surface area (Å²) in [5.41, 5.74) is 7.09. The summed E-state index contributed by atoms with van der Waals surface area (Å²) in [6, 6.07) is 22.3. The fourth-order valence-electron chi connectivity index (χ4n) is 3.54. The van der Waals surface area contributed by atoms with Crippen LogP contribution >= 0.6 is 11.8 Å². The van der Waals surface area contributed by atoms with Gasteiger partial charge in [-0.1, -0.05) is 36.0 Å². The molecular weight excluding hydrogens is 444 g/mol. The third kappa shape index (κ3) is 5.19. The van der Waals surface area contributed by atoms with Crippen LogP contribution in [0.25, 0.3) is 33.4 Å².